The third-order valence-corrected chi connectivity index (χ3v) is 5.30. The molecule has 1 aromatic carbocycles. The molecule has 0 unspecified atom stereocenters. The molecule has 2 aromatic rings. The number of carbonyl (C=O) groups is 2. The first-order valence-electron chi connectivity index (χ1n) is 10.6. The zero-order valence-electron chi connectivity index (χ0n) is 19.3. The van der Waals surface area contributed by atoms with Gasteiger partial charge in [-0.3, -0.25) is 19.0 Å². The fourth-order valence-corrected chi connectivity index (χ4v) is 3.62. The van der Waals surface area contributed by atoms with Crippen molar-refractivity contribution in [2.24, 2.45) is 0 Å². The second-order valence-electron chi connectivity index (χ2n) is 6.94. The molecule has 0 saturated heterocycles. The molecule has 0 spiro atoms. The van der Waals surface area contributed by atoms with Gasteiger partial charge in [-0.25, -0.2) is 17.6 Å². The minimum Gasteiger partial charge on any atom is -0.484 e. The van der Waals surface area contributed by atoms with Gasteiger partial charge in [0.05, 0.1) is 13.1 Å². The van der Waals surface area contributed by atoms with E-state index in [0.717, 1.165) is 11.3 Å². The molecule has 2 amide bonds. The van der Waals surface area contributed by atoms with Gasteiger partial charge in [0.2, 0.25) is 0 Å². The van der Waals surface area contributed by atoms with Crippen molar-refractivity contribution in [3.63, 3.8) is 0 Å². The molecule has 0 radical (unpaired) electrons. The van der Waals surface area contributed by atoms with Crippen molar-refractivity contribution in [1.29, 1.82) is 5.26 Å². The van der Waals surface area contributed by atoms with E-state index in [-0.39, 0.29) is 21.5 Å². The fraction of sp³-hybridized carbons (Fsp3) is 0.304. The van der Waals surface area contributed by atoms with Crippen molar-refractivity contribution < 1.29 is 31.9 Å². The number of halogens is 4. The van der Waals surface area contributed by atoms with E-state index < -0.39 is 55.5 Å². The molecule has 0 fully saturated rings. The summed E-state index contributed by atoms with van der Waals surface area (Å²) < 4.78 is 55.6. The van der Waals surface area contributed by atoms with Gasteiger partial charge in [-0.15, -0.1) is 0 Å². The SMILES string of the molecule is CCn1c(=C=C(C#N)C(=O)NCC(F)F)sc(=C=CNc2cccc(OCC(=O)NCC(F)F)c2)c1=O. The van der Waals surface area contributed by atoms with Crippen molar-refractivity contribution in [3.05, 3.63) is 55.6 Å². The number of benzene rings is 1. The molecule has 9 nitrogen and oxygen atoms in total. The number of hydrogen-bond acceptors (Lipinski definition) is 7. The lowest BCUT2D eigenvalue weighted by molar-refractivity contribution is -0.123. The van der Waals surface area contributed by atoms with Gasteiger partial charge in [-0.1, -0.05) is 28.9 Å². The number of amides is 2. The number of nitriles is 1. The number of nitrogens with zero attached hydrogens (tertiary/aromatic N) is 2. The highest BCUT2D eigenvalue weighted by Gasteiger charge is 2.12. The number of nitrogens with one attached hydrogen (secondary N) is 3. The van der Waals surface area contributed by atoms with E-state index >= 15 is 0 Å². The predicted molar refractivity (Wildman–Crippen MR) is 128 cm³/mol. The lowest BCUT2D eigenvalue weighted by atomic mass is 10.3. The van der Waals surface area contributed by atoms with Crippen LogP contribution in [0.1, 0.15) is 6.92 Å². The van der Waals surface area contributed by atoms with Gasteiger partial charge >= 0.3 is 0 Å². The van der Waals surface area contributed by atoms with E-state index in [4.69, 9.17) is 4.74 Å². The van der Waals surface area contributed by atoms with Crippen molar-refractivity contribution in [1.82, 2.24) is 15.2 Å². The molecule has 3 N–H and O–H groups in total. The molecule has 0 saturated carbocycles. The molecular formula is C23H21F4N5O4S. The summed E-state index contributed by atoms with van der Waals surface area (Å²) in [5.41, 5.74) is 4.73. The predicted octanol–water partition coefficient (Wildman–Crippen LogP) is 0.906. The van der Waals surface area contributed by atoms with Gasteiger partial charge in [-0.2, -0.15) is 5.26 Å². The Hall–Kier alpha value is -4.30. The first kappa shape index (κ1) is 28.9. The van der Waals surface area contributed by atoms with Gasteiger partial charge in [0.15, 0.2) is 12.2 Å². The number of carbonyl (C=O) groups excluding carboxylic acids is 2. The Morgan fingerprint density at radius 1 is 1.19 bits per heavy atom. The third kappa shape index (κ3) is 9.35. The van der Waals surface area contributed by atoms with Crippen molar-refractivity contribution in [3.8, 4) is 11.8 Å². The van der Waals surface area contributed by atoms with Crippen LogP contribution in [0, 0.1) is 11.3 Å². The Morgan fingerprint density at radius 2 is 1.89 bits per heavy atom. The van der Waals surface area contributed by atoms with Crippen molar-refractivity contribution in [2.75, 3.05) is 25.0 Å². The summed E-state index contributed by atoms with van der Waals surface area (Å²) in [5.74, 6) is -1.46. The molecule has 0 aliphatic carbocycles. The first-order valence-corrected chi connectivity index (χ1v) is 11.4. The summed E-state index contributed by atoms with van der Waals surface area (Å²) in [6.45, 7) is -0.308. The van der Waals surface area contributed by atoms with Gasteiger partial charge in [0.1, 0.15) is 21.0 Å². The van der Waals surface area contributed by atoms with Gasteiger partial charge < -0.3 is 20.7 Å². The molecular weight excluding hydrogens is 518 g/mol. The van der Waals surface area contributed by atoms with Crippen LogP contribution in [0.15, 0.2) is 40.8 Å². The lowest BCUT2D eigenvalue weighted by Gasteiger charge is -2.08. The highest BCUT2D eigenvalue weighted by Crippen LogP contribution is 2.17. The number of alkyl halides is 4. The Balaban J connectivity index is 2.26. The molecule has 1 aromatic heterocycles. The zero-order valence-corrected chi connectivity index (χ0v) is 20.1. The van der Waals surface area contributed by atoms with Crippen LogP contribution in [-0.2, 0) is 16.1 Å². The standard InChI is InChI=1S/C23H21F4N5O4S/c1-2-32-21(8-14(10-28)22(34)31-12-19(26)27)37-17(23(32)35)6-7-29-15-4-3-5-16(9-15)36-13-20(33)30-11-18(24)25/h3-5,7,9,18-19,29H,2,11-13H2,1H3,(H,30,33)(H,31,34). The minimum atomic E-state index is -2.79. The number of aromatic nitrogens is 1. The van der Waals surface area contributed by atoms with Crippen LogP contribution < -0.4 is 35.4 Å². The largest absolute Gasteiger partial charge is 0.484 e. The highest BCUT2D eigenvalue weighted by molar-refractivity contribution is 7.07. The quantitative estimate of drug-likeness (QED) is 0.222. The van der Waals surface area contributed by atoms with E-state index in [1.807, 2.05) is 10.6 Å². The second kappa shape index (κ2) is 14.3. The Labute approximate surface area is 211 Å². The van der Waals surface area contributed by atoms with Gasteiger partial charge in [0, 0.05) is 24.5 Å². The summed E-state index contributed by atoms with van der Waals surface area (Å²) in [6.07, 6.45) is -4.13. The maximum Gasteiger partial charge on any atom is 0.277 e. The maximum atomic E-state index is 12.6. The summed E-state index contributed by atoms with van der Waals surface area (Å²) in [4.78, 5) is 36.1. The van der Waals surface area contributed by atoms with Crippen LogP contribution in [-0.4, -0.2) is 48.9 Å². The molecule has 1 heterocycles. The first-order chi connectivity index (χ1) is 17.6. The topological polar surface area (TPSA) is 125 Å². The number of ether oxygens (including phenoxy) is 1. The van der Waals surface area contributed by atoms with Crippen LogP contribution >= 0.6 is 11.3 Å². The van der Waals surface area contributed by atoms with Crippen LogP contribution in [0.3, 0.4) is 0 Å². The monoisotopic (exact) mass is 539 g/mol. The molecule has 196 valence electrons. The molecule has 14 heteroatoms. The highest BCUT2D eigenvalue weighted by atomic mass is 32.1. The third-order valence-electron chi connectivity index (χ3n) is 4.29. The van der Waals surface area contributed by atoms with Crippen LogP contribution in [0.5, 0.6) is 5.75 Å². The van der Waals surface area contributed by atoms with Crippen molar-refractivity contribution in [2.45, 2.75) is 26.3 Å². The molecule has 0 atom stereocenters. The lowest BCUT2D eigenvalue weighted by Crippen LogP contribution is -2.32. The van der Waals surface area contributed by atoms with E-state index in [1.54, 1.807) is 31.2 Å². The van der Waals surface area contributed by atoms with E-state index in [2.05, 4.69) is 16.8 Å². The smallest absolute Gasteiger partial charge is 0.277 e. The van der Waals surface area contributed by atoms with Crippen LogP contribution in [0.2, 0.25) is 0 Å². The molecule has 37 heavy (non-hydrogen) atoms. The summed E-state index contributed by atoms with van der Waals surface area (Å²) in [7, 11) is 0. The van der Waals surface area contributed by atoms with Crippen LogP contribution in [0.25, 0.3) is 11.5 Å². The second-order valence-corrected chi connectivity index (χ2v) is 7.94. The van der Waals surface area contributed by atoms with E-state index in [1.165, 1.54) is 16.8 Å². The average Bonchev–Trinajstić information content (AvgIpc) is 3.17. The number of anilines is 1. The summed E-state index contributed by atoms with van der Waals surface area (Å²) in [5, 5.41) is 16.0. The number of thiazole rings is 1. The fourth-order valence-electron chi connectivity index (χ4n) is 2.63. The molecule has 0 bridgehead atoms. The Morgan fingerprint density at radius 3 is 2.54 bits per heavy atom. The summed E-state index contributed by atoms with van der Waals surface area (Å²) in [6, 6.07) is 7.92. The van der Waals surface area contributed by atoms with E-state index in [0.29, 0.717) is 5.69 Å². The maximum absolute atomic E-state index is 12.6. The van der Waals surface area contributed by atoms with Gasteiger partial charge in [0.25, 0.3) is 30.2 Å². The molecule has 2 rings (SSSR count). The van der Waals surface area contributed by atoms with Gasteiger partial charge in [-0.05, 0) is 19.1 Å². The minimum absolute atomic E-state index is 0.116. The van der Waals surface area contributed by atoms with Crippen molar-refractivity contribution >= 4 is 40.3 Å². The molecule has 0 aliphatic rings. The number of rotatable bonds is 11. The number of hydrogen-bond donors (Lipinski definition) is 3. The Bertz CT molecular complexity index is 1420. The van der Waals surface area contributed by atoms with E-state index in [9.17, 15) is 37.2 Å². The zero-order chi connectivity index (χ0) is 27.4. The normalized spacial score (nSPS) is 10.2. The van der Waals surface area contributed by atoms with Crippen LogP contribution in [0.4, 0.5) is 23.2 Å². The average molecular weight is 540 g/mol. The summed E-state index contributed by atoms with van der Waals surface area (Å²) >= 11 is 0.887. The Kier molecular flexibility index (Phi) is 11.2. The molecule has 0 aliphatic heterocycles.